The lowest BCUT2D eigenvalue weighted by Gasteiger charge is -2.11. The molecule has 1 aliphatic rings. The SMILES string of the molecule is CC1CC1(N)COc1ccccc1. The van der Waals surface area contributed by atoms with Gasteiger partial charge in [-0.05, 0) is 24.5 Å². The van der Waals surface area contributed by atoms with E-state index in [0.717, 1.165) is 12.2 Å². The number of nitrogens with two attached hydrogens (primary N) is 1. The third kappa shape index (κ3) is 1.83. The Morgan fingerprint density at radius 1 is 1.46 bits per heavy atom. The van der Waals surface area contributed by atoms with Gasteiger partial charge in [-0.1, -0.05) is 25.1 Å². The zero-order valence-corrected chi connectivity index (χ0v) is 7.86. The van der Waals surface area contributed by atoms with E-state index in [0.29, 0.717) is 12.5 Å². The highest BCUT2D eigenvalue weighted by atomic mass is 16.5. The topological polar surface area (TPSA) is 35.2 Å². The van der Waals surface area contributed by atoms with E-state index in [1.807, 2.05) is 30.3 Å². The Morgan fingerprint density at radius 2 is 2.08 bits per heavy atom. The van der Waals surface area contributed by atoms with Gasteiger partial charge in [-0.15, -0.1) is 0 Å². The van der Waals surface area contributed by atoms with Crippen LogP contribution in [0.2, 0.25) is 0 Å². The molecule has 0 saturated heterocycles. The highest BCUT2D eigenvalue weighted by Crippen LogP contribution is 2.40. The van der Waals surface area contributed by atoms with E-state index in [2.05, 4.69) is 6.92 Å². The Labute approximate surface area is 78.7 Å². The van der Waals surface area contributed by atoms with Crippen LogP contribution < -0.4 is 10.5 Å². The molecule has 2 heteroatoms. The van der Waals surface area contributed by atoms with Crippen LogP contribution in [0.3, 0.4) is 0 Å². The highest BCUT2D eigenvalue weighted by molar-refractivity contribution is 5.21. The third-order valence-corrected chi connectivity index (χ3v) is 2.76. The summed E-state index contributed by atoms with van der Waals surface area (Å²) in [6.45, 7) is 2.80. The van der Waals surface area contributed by atoms with Crippen molar-refractivity contribution >= 4 is 0 Å². The van der Waals surface area contributed by atoms with E-state index in [1.165, 1.54) is 0 Å². The average Bonchev–Trinajstić information content (AvgIpc) is 2.74. The minimum Gasteiger partial charge on any atom is -0.492 e. The Kier molecular flexibility index (Phi) is 2.00. The molecular weight excluding hydrogens is 162 g/mol. The minimum absolute atomic E-state index is 0.0597. The van der Waals surface area contributed by atoms with E-state index < -0.39 is 0 Å². The first-order chi connectivity index (χ1) is 6.21. The maximum atomic E-state index is 6.01. The van der Waals surface area contributed by atoms with Crippen molar-refractivity contribution in [3.05, 3.63) is 30.3 Å². The van der Waals surface area contributed by atoms with Gasteiger partial charge in [-0.25, -0.2) is 0 Å². The van der Waals surface area contributed by atoms with Gasteiger partial charge >= 0.3 is 0 Å². The van der Waals surface area contributed by atoms with Gasteiger partial charge in [0.2, 0.25) is 0 Å². The van der Waals surface area contributed by atoms with E-state index in [9.17, 15) is 0 Å². The van der Waals surface area contributed by atoms with Crippen molar-refractivity contribution < 1.29 is 4.74 Å². The molecule has 0 aromatic heterocycles. The van der Waals surface area contributed by atoms with Crippen molar-refractivity contribution in [1.29, 1.82) is 0 Å². The maximum absolute atomic E-state index is 6.01. The van der Waals surface area contributed by atoms with Crippen molar-refractivity contribution in [2.75, 3.05) is 6.61 Å². The molecule has 13 heavy (non-hydrogen) atoms. The van der Waals surface area contributed by atoms with Crippen molar-refractivity contribution in [2.24, 2.45) is 11.7 Å². The molecule has 0 amide bonds. The predicted molar refractivity (Wildman–Crippen MR) is 52.6 cm³/mol. The van der Waals surface area contributed by atoms with E-state index in [4.69, 9.17) is 10.5 Å². The summed E-state index contributed by atoms with van der Waals surface area (Å²) in [6, 6.07) is 9.82. The molecular formula is C11H15NO. The smallest absolute Gasteiger partial charge is 0.119 e. The largest absolute Gasteiger partial charge is 0.492 e. The zero-order valence-electron chi connectivity index (χ0n) is 7.86. The lowest BCUT2D eigenvalue weighted by Crippen LogP contribution is -2.32. The molecule has 2 atom stereocenters. The van der Waals surface area contributed by atoms with Crippen molar-refractivity contribution in [3.63, 3.8) is 0 Å². The number of rotatable bonds is 3. The maximum Gasteiger partial charge on any atom is 0.119 e. The van der Waals surface area contributed by atoms with Gasteiger partial charge in [0.1, 0.15) is 12.4 Å². The predicted octanol–water partition coefficient (Wildman–Crippen LogP) is 1.80. The molecule has 2 N–H and O–H groups in total. The Balaban J connectivity index is 1.87. The van der Waals surface area contributed by atoms with Gasteiger partial charge in [0, 0.05) is 0 Å². The summed E-state index contributed by atoms with van der Waals surface area (Å²) < 4.78 is 5.58. The normalized spacial score (nSPS) is 31.4. The zero-order chi connectivity index (χ0) is 9.31. The fraction of sp³-hybridized carbons (Fsp3) is 0.455. The molecule has 1 aromatic rings. The second-order valence-electron chi connectivity index (χ2n) is 3.94. The minimum atomic E-state index is -0.0597. The van der Waals surface area contributed by atoms with Crippen LogP contribution in [-0.4, -0.2) is 12.1 Å². The molecule has 0 bridgehead atoms. The van der Waals surface area contributed by atoms with Crippen LogP contribution in [0.15, 0.2) is 30.3 Å². The summed E-state index contributed by atoms with van der Waals surface area (Å²) in [7, 11) is 0. The van der Waals surface area contributed by atoms with E-state index >= 15 is 0 Å². The molecule has 0 radical (unpaired) electrons. The second-order valence-corrected chi connectivity index (χ2v) is 3.94. The Bertz CT molecular complexity index is 285. The van der Waals surface area contributed by atoms with Gasteiger partial charge in [0.05, 0.1) is 5.54 Å². The van der Waals surface area contributed by atoms with Crippen LogP contribution in [0.25, 0.3) is 0 Å². The van der Waals surface area contributed by atoms with E-state index in [1.54, 1.807) is 0 Å². The molecule has 70 valence electrons. The van der Waals surface area contributed by atoms with Crippen molar-refractivity contribution in [1.82, 2.24) is 0 Å². The number of para-hydroxylation sites is 1. The average molecular weight is 177 g/mol. The fourth-order valence-electron chi connectivity index (χ4n) is 1.45. The summed E-state index contributed by atoms with van der Waals surface area (Å²) in [4.78, 5) is 0. The molecule has 1 saturated carbocycles. The van der Waals surface area contributed by atoms with Gasteiger partial charge in [0.15, 0.2) is 0 Å². The molecule has 0 spiro atoms. The number of benzene rings is 1. The van der Waals surface area contributed by atoms with Gasteiger partial charge < -0.3 is 10.5 Å². The molecule has 2 nitrogen and oxygen atoms in total. The van der Waals surface area contributed by atoms with Crippen molar-refractivity contribution in [3.8, 4) is 5.75 Å². The highest BCUT2D eigenvalue weighted by Gasteiger charge is 2.48. The van der Waals surface area contributed by atoms with E-state index in [-0.39, 0.29) is 5.54 Å². The van der Waals surface area contributed by atoms with Crippen LogP contribution in [-0.2, 0) is 0 Å². The molecule has 1 fully saturated rings. The van der Waals surface area contributed by atoms with Crippen LogP contribution in [0, 0.1) is 5.92 Å². The van der Waals surface area contributed by atoms with Crippen molar-refractivity contribution in [2.45, 2.75) is 18.9 Å². The first-order valence-corrected chi connectivity index (χ1v) is 4.67. The summed E-state index contributed by atoms with van der Waals surface area (Å²) in [5, 5.41) is 0. The molecule has 2 rings (SSSR count). The standard InChI is InChI=1S/C11H15NO/c1-9-7-11(9,12)8-13-10-5-3-2-4-6-10/h2-6,9H,7-8,12H2,1H3. The molecule has 0 heterocycles. The first kappa shape index (κ1) is 8.57. The van der Waals surface area contributed by atoms with Crippen LogP contribution >= 0.6 is 0 Å². The van der Waals surface area contributed by atoms with Crippen LogP contribution in [0.4, 0.5) is 0 Å². The molecule has 2 unspecified atom stereocenters. The number of hydrogen-bond acceptors (Lipinski definition) is 2. The first-order valence-electron chi connectivity index (χ1n) is 4.67. The monoisotopic (exact) mass is 177 g/mol. The quantitative estimate of drug-likeness (QED) is 0.764. The molecule has 1 aliphatic carbocycles. The summed E-state index contributed by atoms with van der Waals surface area (Å²) in [5.41, 5.74) is 5.95. The lowest BCUT2D eigenvalue weighted by molar-refractivity contribution is 0.271. The van der Waals surface area contributed by atoms with Crippen LogP contribution in [0.1, 0.15) is 13.3 Å². The van der Waals surface area contributed by atoms with Gasteiger partial charge in [0.25, 0.3) is 0 Å². The molecule has 0 aliphatic heterocycles. The lowest BCUT2D eigenvalue weighted by atomic mass is 10.2. The Hall–Kier alpha value is -1.02. The Morgan fingerprint density at radius 3 is 2.62 bits per heavy atom. The number of hydrogen-bond donors (Lipinski definition) is 1. The summed E-state index contributed by atoms with van der Waals surface area (Å²) in [6.07, 6.45) is 1.08. The van der Waals surface area contributed by atoms with Crippen LogP contribution in [0.5, 0.6) is 5.75 Å². The summed E-state index contributed by atoms with van der Waals surface area (Å²) in [5.74, 6) is 1.52. The molecule has 1 aromatic carbocycles. The summed E-state index contributed by atoms with van der Waals surface area (Å²) >= 11 is 0. The number of ether oxygens (including phenoxy) is 1. The second kappa shape index (κ2) is 3.04. The third-order valence-electron chi connectivity index (χ3n) is 2.76. The van der Waals surface area contributed by atoms with Gasteiger partial charge in [-0.3, -0.25) is 0 Å². The van der Waals surface area contributed by atoms with Gasteiger partial charge in [-0.2, -0.15) is 0 Å². The fourth-order valence-corrected chi connectivity index (χ4v) is 1.45.